The SMILES string of the molecule is CC(C)c1ccc(-n2ccc(C(F)(F)F)c2)cc1. The molecule has 0 aliphatic rings. The number of rotatable bonds is 2. The molecule has 2 aromatic rings. The Morgan fingerprint density at radius 3 is 2.06 bits per heavy atom. The second kappa shape index (κ2) is 4.52. The number of hydrogen-bond acceptors (Lipinski definition) is 0. The van der Waals surface area contributed by atoms with Crippen LogP contribution in [0.15, 0.2) is 42.7 Å². The Hall–Kier alpha value is -1.71. The third kappa shape index (κ3) is 2.58. The van der Waals surface area contributed by atoms with Crippen LogP contribution in [0.1, 0.15) is 30.9 Å². The Balaban J connectivity index is 2.29. The fraction of sp³-hybridized carbons (Fsp3) is 0.286. The second-order valence-corrected chi connectivity index (χ2v) is 4.55. The summed E-state index contributed by atoms with van der Waals surface area (Å²) in [5.41, 5.74) is 1.27. The molecule has 0 atom stereocenters. The molecule has 0 N–H and O–H groups in total. The minimum atomic E-state index is -4.29. The lowest BCUT2D eigenvalue weighted by Crippen LogP contribution is -2.03. The summed E-state index contributed by atoms with van der Waals surface area (Å²) in [6.07, 6.45) is -1.76. The van der Waals surface area contributed by atoms with Crippen LogP contribution in [-0.2, 0) is 6.18 Å². The van der Waals surface area contributed by atoms with Crippen molar-refractivity contribution in [1.29, 1.82) is 0 Å². The molecule has 0 unspecified atom stereocenters. The standard InChI is InChI=1S/C14H14F3N/c1-10(2)11-3-5-13(6-4-11)18-8-7-12(9-18)14(15,16)17/h3-10H,1-2H3. The van der Waals surface area contributed by atoms with Gasteiger partial charge in [0.05, 0.1) is 5.56 Å². The maximum atomic E-state index is 12.5. The molecule has 96 valence electrons. The van der Waals surface area contributed by atoms with Gasteiger partial charge in [0.2, 0.25) is 0 Å². The Morgan fingerprint density at radius 2 is 1.61 bits per heavy atom. The summed E-state index contributed by atoms with van der Waals surface area (Å²) in [7, 11) is 0. The molecule has 0 amide bonds. The first-order valence-corrected chi connectivity index (χ1v) is 5.73. The molecule has 0 radical (unpaired) electrons. The predicted molar refractivity (Wildman–Crippen MR) is 64.9 cm³/mol. The molecule has 1 heterocycles. The van der Waals surface area contributed by atoms with Crippen LogP contribution in [0.3, 0.4) is 0 Å². The zero-order valence-corrected chi connectivity index (χ0v) is 10.2. The molecule has 18 heavy (non-hydrogen) atoms. The molecule has 0 bridgehead atoms. The average molecular weight is 253 g/mol. The van der Waals surface area contributed by atoms with E-state index in [1.54, 1.807) is 0 Å². The van der Waals surface area contributed by atoms with Crippen molar-refractivity contribution in [3.05, 3.63) is 53.9 Å². The Morgan fingerprint density at radius 1 is 1.00 bits per heavy atom. The van der Waals surface area contributed by atoms with E-state index in [1.165, 1.54) is 16.3 Å². The van der Waals surface area contributed by atoms with Crippen LogP contribution in [0.25, 0.3) is 5.69 Å². The summed E-state index contributed by atoms with van der Waals surface area (Å²) in [6.45, 7) is 4.15. The van der Waals surface area contributed by atoms with E-state index in [0.717, 1.165) is 18.0 Å². The van der Waals surface area contributed by atoms with Crippen molar-refractivity contribution in [2.24, 2.45) is 0 Å². The molecule has 1 aromatic carbocycles. The largest absolute Gasteiger partial charge is 0.417 e. The van der Waals surface area contributed by atoms with Crippen LogP contribution in [-0.4, -0.2) is 4.57 Å². The molecule has 1 nitrogen and oxygen atoms in total. The molecule has 0 saturated heterocycles. The molecular formula is C14H14F3N. The number of hydrogen-bond donors (Lipinski definition) is 0. The van der Waals surface area contributed by atoms with Crippen molar-refractivity contribution < 1.29 is 13.2 Å². The van der Waals surface area contributed by atoms with Gasteiger partial charge in [-0.1, -0.05) is 26.0 Å². The highest BCUT2D eigenvalue weighted by Crippen LogP contribution is 2.30. The van der Waals surface area contributed by atoms with Gasteiger partial charge in [-0.2, -0.15) is 13.2 Å². The van der Waals surface area contributed by atoms with Crippen molar-refractivity contribution in [1.82, 2.24) is 4.57 Å². The molecule has 1 aromatic heterocycles. The first-order chi connectivity index (χ1) is 8.38. The molecule has 0 fully saturated rings. The van der Waals surface area contributed by atoms with Crippen molar-refractivity contribution in [3.63, 3.8) is 0 Å². The van der Waals surface area contributed by atoms with Gasteiger partial charge in [-0.05, 0) is 29.7 Å². The second-order valence-electron chi connectivity index (χ2n) is 4.55. The van der Waals surface area contributed by atoms with E-state index in [2.05, 4.69) is 13.8 Å². The minimum Gasteiger partial charge on any atom is -0.323 e. The molecule has 4 heteroatoms. The first-order valence-electron chi connectivity index (χ1n) is 5.73. The van der Waals surface area contributed by atoms with Crippen molar-refractivity contribution in [2.75, 3.05) is 0 Å². The maximum Gasteiger partial charge on any atom is 0.417 e. The van der Waals surface area contributed by atoms with Gasteiger partial charge in [0.1, 0.15) is 0 Å². The maximum absolute atomic E-state index is 12.5. The number of alkyl halides is 3. The third-order valence-corrected chi connectivity index (χ3v) is 2.88. The van der Waals surface area contributed by atoms with E-state index < -0.39 is 11.7 Å². The van der Waals surface area contributed by atoms with Crippen LogP contribution in [0.5, 0.6) is 0 Å². The van der Waals surface area contributed by atoms with E-state index in [-0.39, 0.29) is 0 Å². The minimum absolute atomic E-state index is 0.412. The number of aromatic nitrogens is 1. The fourth-order valence-electron chi connectivity index (χ4n) is 1.76. The van der Waals surface area contributed by atoms with E-state index in [1.807, 2.05) is 24.3 Å². The van der Waals surface area contributed by atoms with Gasteiger partial charge in [-0.3, -0.25) is 0 Å². The monoisotopic (exact) mass is 253 g/mol. The lowest BCUT2D eigenvalue weighted by atomic mass is 10.0. The molecule has 0 saturated carbocycles. The summed E-state index contributed by atoms with van der Waals surface area (Å²) < 4.78 is 38.9. The van der Waals surface area contributed by atoms with Crippen molar-refractivity contribution in [2.45, 2.75) is 25.9 Å². The zero-order valence-electron chi connectivity index (χ0n) is 10.2. The van der Waals surface area contributed by atoms with Crippen molar-refractivity contribution in [3.8, 4) is 5.69 Å². The van der Waals surface area contributed by atoms with Crippen LogP contribution in [0, 0.1) is 0 Å². The van der Waals surface area contributed by atoms with Crippen LogP contribution in [0.4, 0.5) is 13.2 Å². The van der Waals surface area contributed by atoms with Gasteiger partial charge >= 0.3 is 6.18 Å². The van der Waals surface area contributed by atoms with Gasteiger partial charge in [-0.15, -0.1) is 0 Å². The average Bonchev–Trinajstić information content (AvgIpc) is 2.78. The van der Waals surface area contributed by atoms with Crippen molar-refractivity contribution >= 4 is 0 Å². The number of nitrogens with zero attached hydrogens (tertiary/aromatic N) is 1. The van der Waals surface area contributed by atoms with Crippen LogP contribution in [0.2, 0.25) is 0 Å². The molecule has 0 aliphatic carbocycles. The van der Waals surface area contributed by atoms with Crippen LogP contribution < -0.4 is 0 Å². The fourth-order valence-corrected chi connectivity index (χ4v) is 1.76. The third-order valence-electron chi connectivity index (χ3n) is 2.88. The Bertz CT molecular complexity index is 521. The predicted octanol–water partition coefficient (Wildman–Crippen LogP) is 4.62. The normalized spacial score (nSPS) is 12.1. The highest BCUT2D eigenvalue weighted by atomic mass is 19.4. The smallest absolute Gasteiger partial charge is 0.323 e. The van der Waals surface area contributed by atoms with E-state index in [9.17, 15) is 13.2 Å². The van der Waals surface area contributed by atoms with Gasteiger partial charge in [-0.25, -0.2) is 0 Å². The van der Waals surface area contributed by atoms with E-state index >= 15 is 0 Å². The van der Waals surface area contributed by atoms with E-state index in [4.69, 9.17) is 0 Å². The summed E-state index contributed by atoms with van der Waals surface area (Å²) in [4.78, 5) is 0. The topological polar surface area (TPSA) is 4.93 Å². The van der Waals surface area contributed by atoms with Gasteiger partial charge in [0.25, 0.3) is 0 Å². The lowest BCUT2D eigenvalue weighted by Gasteiger charge is -2.08. The Kier molecular flexibility index (Phi) is 3.20. The van der Waals surface area contributed by atoms with E-state index in [0.29, 0.717) is 5.92 Å². The summed E-state index contributed by atoms with van der Waals surface area (Å²) >= 11 is 0. The molecular weight excluding hydrogens is 239 g/mol. The number of halogens is 3. The van der Waals surface area contributed by atoms with Crippen LogP contribution >= 0.6 is 0 Å². The first kappa shape index (κ1) is 12.7. The number of benzene rings is 1. The van der Waals surface area contributed by atoms with Gasteiger partial charge < -0.3 is 4.57 Å². The Labute approximate surface area is 104 Å². The quantitative estimate of drug-likeness (QED) is 0.736. The molecule has 0 spiro atoms. The lowest BCUT2D eigenvalue weighted by molar-refractivity contribution is -0.137. The summed E-state index contributed by atoms with van der Waals surface area (Å²) in [6, 6.07) is 8.61. The molecule has 0 aliphatic heterocycles. The van der Waals surface area contributed by atoms with Gasteiger partial charge in [0, 0.05) is 18.1 Å². The highest BCUT2D eigenvalue weighted by Gasteiger charge is 2.31. The summed E-state index contributed by atoms with van der Waals surface area (Å²) in [5.74, 6) is 0.412. The van der Waals surface area contributed by atoms with Gasteiger partial charge in [0.15, 0.2) is 0 Å². The summed E-state index contributed by atoms with van der Waals surface area (Å²) in [5, 5.41) is 0. The molecule has 2 rings (SSSR count). The highest BCUT2D eigenvalue weighted by molar-refractivity contribution is 5.37. The zero-order chi connectivity index (χ0) is 13.3.